The lowest BCUT2D eigenvalue weighted by Gasteiger charge is -2.28. The Morgan fingerprint density at radius 3 is 2.86 bits per heavy atom. The molecule has 1 aliphatic carbocycles. The van der Waals surface area contributed by atoms with Gasteiger partial charge in [0, 0.05) is 22.1 Å². The molecule has 3 atom stereocenters. The molecule has 4 heteroatoms. The van der Waals surface area contributed by atoms with E-state index in [-0.39, 0.29) is 17.7 Å². The molecule has 2 aliphatic rings. The van der Waals surface area contributed by atoms with E-state index in [2.05, 4.69) is 0 Å². The highest BCUT2D eigenvalue weighted by Gasteiger charge is 2.35. The molecule has 1 amide bonds. The fourth-order valence-corrected chi connectivity index (χ4v) is 4.78. The standard InChI is InChI=1S/C17H21NO2S/c1-10(17(18)20)11-6-7-14-15(8-11)21-9-12-4-2-3-5-13(12)16(14)19/h6-8,10,12-13H,2-5,9H2,1H3,(H2,18,20)/t10?,12-,13+/m0/s1. The molecule has 2 N–H and O–H groups in total. The number of carbonyl (C=O) groups excluding carboxylic acids is 2. The fourth-order valence-electron chi connectivity index (χ4n) is 3.44. The Labute approximate surface area is 129 Å². The molecule has 1 heterocycles. The second-order valence-corrected chi connectivity index (χ2v) is 7.27. The number of ketones is 1. The van der Waals surface area contributed by atoms with E-state index in [9.17, 15) is 9.59 Å². The van der Waals surface area contributed by atoms with Crippen LogP contribution in [0.15, 0.2) is 23.1 Å². The number of primary amides is 1. The zero-order chi connectivity index (χ0) is 15.0. The summed E-state index contributed by atoms with van der Waals surface area (Å²) >= 11 is 1.77. The van der Waals surface area contributed by atoms with Crippen LogP contribution in [0.4, 0.5) is 0 Å². The van der Waals surface area contributed by atoms with Gasteiger partial charge in [0.1, 0.15) is 0 Å². The average Bonchev–Trinajstić information content (AvgIpc) is 2.64. The highest BCUT2D eigenvalue weighted by atomic mass is 32.2. The zero-order valence-electron chi connectivity index (χ0n) is 12.3. The van der Waals surface area contributed by atoms with E-state index in [0.717, 1.165) is 28.2 Å². The minimum atomic E-state index is -0.325. The van der Waals surface area contributed by atoms with Crippen molar-refractivity contribution in [2.24, 2.45) is 17.6 Å². The van der Waals surface area contributed by atoms with Gasteiger partial charge in [-0.1, -0.05) is 18.9 Å². The molecule has 3 rings (SSSR count). The van der Waals surface area contributed by atoms with Crippen LogP contribution < -0.4 is 5.73 Å². The number of carbonyl (C=O) groups is 2. The number of thioether (sulfide) groups is 1. The van der Waals surface area contributed by atoms with Crippen molar-refractivity contribution in [3.05, 3.63) is 29.3 Å². The first-order valence-electron chi connectivity index (χ1n) is 7.68. The van der Waals surface area contributed by atoms with Crippen molar-refractivity contribution in [2.75, 3.05) is 5.75 Å². The van der Waals surface area contributed by atoms with Gasteiger partial charge in [-0.3, -0.25) is 9.59 Å². The summed E-state index contributed by atoms with van der Waals surface area (Å²) in [6, 6.07) is 5.77. The molecular formula is C17H21NO2S. The Morgan fingerprint density at radius 1 is 1.33 bits per heavy atom. The molecule has 112 valence electrons. The number of Topliss-reactive ketones (excluding diaryl/α,β-unsaturated/α-hetero) is 1. The van der Waals surface area contributed by atoms with Crippen molar-refractivity contribution < 1.29 is 9.59 Å². The van der Waals surface area contributed by atoms with Gasteiger partial charge in [0.25, 0.3) is 0 Å². The van der Waals surface area contributed by atoms with Crippen LogP contribution in [0.5, 0.6) is 0 Å². The summed E-state index contributed by atoms with van der Waals surface area (Å²) in [5.41, 5.74) is 7.14. The second kappa shape index (κ2) is 5.84. The van der Waals surface area contributed by atoms with Gasteiger partial charge in [0.05, 0.1) is 5.92 Å². The lowest BCUT2D eigenvalue weighted by Crippen LogP contribution is -2.27. The Bertz CT molecular complexity index is 584. The summed E-state index contributed by atoms with van der Waals surface area (Å²) in [6.07, 6.45) is 4.61. The maximum absolute atomic E-state index is 12.8. The second-order valence-electron chi connectivity index (χ2n) is 6.21. The number of hydrogen-bond donors (Lipinski definition) is 1. The van der Waals surface area contributed by atoms with Crippen LogP contribution in [-0.4, -0.2) is 17.4 Å². The van der Waals surface area contributed by atoms with E-state index >= 15 is 0 Å². The van der Waals surface area contributed by atoms with Gasteiger partial charge in [-0.25, -0.2) is 0 Å². The summed E-state index contributed by atoms with van der Waals surface area (Å²) in [4.78, 5) is 25.2. The van der Waals surface area contributed by atoms with Gasteiger partial charge in [-0.2, -0.15) is 0 Å². The molecule has 1 saturated carbocycles. The maximum atomic E-state index is 12.8. The number of nitrogens with two attached hydrogens (primary N) is 1. The predicted octanol–water partition coefficient (Wildman–Crippen LogP) is 3.37. The Balaban J connectivity index is 1.95. The highest BCUT2D eigenvalue weighted by molar-refractivity contribution is 7.99. The summed E-state index contributed by atoms with van der Waals surface area (Å²) in [5, 5.41) is 0. The van der Waals surface area contributed by atoms with Gasteiger partial charge in [0.2, 0.25) is 5.91 Å². The number of benzene rings is 1. The summed E-state index contributed by atoms with van der Waals surface area (Å²) in [6.45, 7) is 1.81. The summed E-state index contributed by atoms with van der Waals surface area (Å²) in [5.74, 6) is 1.40. The van der Waals surface area contributed by atoms with E-state index in [1.807, 2.05) is 25.1 Å². The maximum Gasteiger partial charge on any atom is 0.224 e. The highest BCUT2D eigenvalue weighted by Crippen LogP contribution is 2.42. The van der Waals surface area contributed by atoms with Crippen molar-refractivity contribution >= 4 is 23.5 Å². The van der Waals surface area contributed by atoms with E-state index in [1.54, 1.807) is 11.8 Å². The van der Waals surface area contributed by atoms with Gasteiger partial charge in [-0.05, 0) is 43.4 Å². The molecule has 0 saturated heterocycles. The molecule has 0 aromatic heterocycles. The molecular weight excluding hydrogens is 282 g/mol. The zero-order valence-corrected chi connectivity index (χ0v) is 13.1. The van der Waals surface area contributed by atoms with Crippen molar-refractivity contribution in [2.45, 2.75) is 43.4 Å². The molecule has 1 fully saturated rings. The van der Waals surface area contributed by atoms with Gasteiger partial charge in [-0.15, -0.1) is 11.8 Å². The van der Waals surface area contributed by atoms with E-state index in [1.165, 1.54) is 19.3 Å². The van der Waals surface area contributed by atoms with Crippen molar-refractivity contribution in [1.29, 1.82) is 0 Å². The third-order valence-electron chi connectivity index (χ3n) is 4.90. The smallest absolute Gasteiger partial charge is 0.224 e. The molecule has 1 aliphatic heterocycles. The molecule has 1 unspecified atom stereocenters. The number of amides is 1. The average molecular weight is 303 g/mol. The first-order valence-corrected chi connectivity index (χ1v) is 8.66. The molecule has 0 radical (unpaired) electrons. The van der Waals surface area contributed by atoms with Gasteiger partial charge in [0.15, 0.2) is 5.78 Å². The normalized spacial score (nSPS) is 26.4. The van der Waals surface area contributed by atoms with Crippen molar-refractivity contribution in [3.8, 4) is 0 Å². The Hall–Kier alpha value is -1.29. The first kappa shape index (κ1) is 14.6. The Morgan fingerprint density at radius 2 is 2.10 bits per heavy atom. The molecule has 1 aromatic rings. The van der Waals surface area contributed by atoms with Crippen LogP contribution in [0, 0.1) is 11.8 Å². The number of hydrogen-bond acceptors (Lipinski definition) is 3. The number of fused-ring (bicyclic) bond motifs is 2. The van der Waals surface area contributed by atoms with Crippen LogP contribution in [0.25, 0.3) is 0 Å². The van der Waals surface area contributed by atoms with Crippen LogP contribution in [0.2, 0.25) is 0 Å². The van der Waals surface area contributed by atoms with Gasteiger partial charge >= 0.3 is 0 Å². The summed E-state index contributed by atoms with van der Waals surface area (Å²) < 4.78 is 0. The third kappa shape index (κ3) is 2.73. The van der Waals surface area contributed by atoms with E-state index in [0.29, 0.717) is 11.7 Å². The van der Waals surface area contributed by atoms with Crippen LogP contribution in [-0.2, 0) is 4.79 Å². The van der Waals surface area contributed by atoms with E-state index < -0.39 is 0 Å². The van der Waals surface area contributed by atoms with Crippen molar-refractivity contribution in [3.63, 3.8) is 0 Å². The quantitative estimate of drug-likeness (QED) is 0.911. The van der Waals surface area contributed by atoms with Crippen LogP contribution >= 0.6 is 11.8 Å². The van der Waals surface area contributed by atoms with E-state index in [4.69, 9.17) is 5.73 Å². The van der Waals surface area contributed by atoms with Crippen molar-refractivity contribution in [1.82, 2.24) is 0 Å². The summed E-state index contributed by atoms with van der Waals surface area (Å²) in [7, 11) is 0. The van der Waals surface area contributed by atoms with Gasteiger partial charge < -0.3 is 5.73 Å². The fraction of sp³-hybridized carbons (Fsp3) is 0.529. The number of rotatable bonds is 2. The SMILES string of the molecule is CC(C(N)=O)c1ccc2c(c1)SC[C@@H]1CCCC[C@H]1C2=O. The Kier molecular flexibility index (Phi) is 4.07. The van der Waals surface area contributed by atoms with Crippen LogP contribution in [0.1, 0.15) is 54.4 Å². The minimum Gasteiger partial charge on any atom is -0.369 e. The lowest BCUT2D eigenvalue weighted by atomic mass is 9.76. The molecule has 1 aromatic carbocycles. The third-order valence-corrected chi connectivity index (χ3v) is 6.14. The largest absolute Gasteiger partial charge is 0.369 e. The molecule has 0 bridgehead atoms. The molecule has 3 nitrogen and oxygen atoms in total. The monoisotopic (exact) mass is 303 g/mol. The lowest BCUT2D eigenvalue weighted by molar-refractivity contribution is -0.119. The molecule has 0 spiro atoms. The molecule has 21 heavy (non-hydrogen) atoms. The minimum absolute atomic E-state index is 0.201. The van der Waals surface area contributed by atoms with Crippen LogP contribution in [0.3, 0.4) is 0 Å². The first-order chi connectivity index (χ1) is 10.1. The topological polar surface area (TPSA) is 60.2 Å². The predicted molar refractivity (Wildman–Crippen MR) is 84.6 cm³/mol.